The number of halogens is 1. The number of ether oxygens (including phenoxy) is 1. The number of hydrogen-bond donors (Lipinski definition) is 1. The Morgan fingerprint density at radius 1 is 0.969 bits per heavy atom. The van der Waals surface area contributed by atoms with Gasteiger partial charge in [-0.25, -0.2) is 9.69 Å². The predicted molar refractivity (Wildman–Crippen MR) is 122 cm³/mol. The summed E-state index contributed by atoms with van der Waals surface area (Å²) in [5, 5.41) is 2.87. The Morgan fingerprint density at radius 3 is 2.44 bits per heavy atom. The molecule has 0 aromatic heterocycles. The number of aryl methyl sites for hydroxylation is 1. The minimum Gasteiger partial charge on any atom is -0.489 e. The summed E-state index contributed by atoms with van der Waals surface area (Å²) >= 11 is 5.98. The van der Waals surface area contributed by atoms with E-state index in [4.69, 9.17) is 16.3 Å². The number of carbonyl (C=O) groups is 3. The van der Waals surface area contributed by atoms with Gasteiger partial charge < -0.3 is 4.74 Å². The summed E-state index contributed by atoms with van der Waals surface area (Å²) in [6.45, 7) is 2.21. The van der Waals surface area contributed by atoms with Gasteiger partial charge in [-0.15, -0.1) is 0 Å². The average Bonchev–Trinajstić information content (AvgIpc) is 2.76. The van der Waals surface area contributed by atoms with Gasteiger partial charge in [0.15, 0.2) is 0 Å². The maximum atomic E-state index is 13.0. The third-order valence-electron chi connectivity index (χ3n) is 4.85. The Labute approximate surface area is 190 Å². The van der Waals surface area contributed by atoms with Gasteiger partial charge in [-0.3, -0.25) is 14.9 Å². The molecule has 0 spiro atoms. The first-order chi connectivity index (χ1) is 15.4. The van der Waals surface area contributed by atoms with Crippen LogP contribution in [0.3, 0.4) is 0 Å². The number of hydrogen-bond acceptors (Lipinski definition) is 4. The highest BCUT2D eigenvalue weighted by molar-refractivity contribution is 6.39. The average molecular weight is 447 g/mol. The van der Waals surface area contributed by atoms with Crippen molar-refractivity contribution in [2.45, 2.75) is 13.5 Å². The van der Waals surface area contributed by atoms with Gasteiger partial charge >= 0.3 is 6.03 Å². The van der Waals surface area contributed by atoms with Gasteiger partial charge in [0.1, 0.15) is 17.9 Å². The largest absolute Gasteiger partial charge is 0.489 e. The normalized spacial score (nSPS) is 15.1. The summed E-state index contributed by atoms with van der Waals surface area (Å²) in [4.78, 5) is 38.6. The molecule has 4 rings (SSSR count). The van der Waals surface area contributed by atoms with Crippen molar-refractivity contribution in [3.05, 3.63) is 100 Å². The van der Waals surface area contributed by atoms with E-state index >= 15 is 0 Å². The standard InChI is InChI=1S/C25H19ClN2O4/c1-16-4-2-7-20(12-16)28-24(30)22(23(29)27-25(28)31)14-17-8-10-21(11-9-17)32-15-18-5-3-6-19(26)13-18/h2-14H,15H2,1H3,(H,27,29,31)/b22-14+. The molecule has 0 unspecified atom stereocenters. The van der Waals surface area contributed by atoms with E-state index in [1.165, 1.54) is 6.08 Å². The molecule has 1 saturated heterocycles. The molecule has 0 aliphatic carbocycles. The van der Waals surface area contributed by atoms with Gasteiger partial charge in [0.05, 0.1) is 5.69 Å². The van der Waals surface area contributed by atoms with Crippen molar-refractivity contribution < 1.29 is 19.1 Å². The SMILES string of the molecule is Cc1cccc(N2C(=O)NC(=O)/C(=C\c3ccc(OCc4cccc(Cl)c4)cc3)C2=O)c1. The van der Waals surface area contributed by atoms with Crippen LogP contribution in [0.15, 0.2) is 78.4 Å². The molecule has 1 aliphatic rings. The van der Waals surface area contributed by atoms with Crippen LogP contribution in [0, 0.1) is 6.92 Å². The molecule has 1 heterocycles. The van der Waals surface area contributed by atoms with Crippen molar-refractivity contribution in [2.75, 3.05) is 4.90 Å². The molecule has 0 atom stereocenters. The zero-order chi connectivity index (χ0) is 22.7. The second-order valence-electron chi connectivity index (χ2n) is 7.28. The van der Waals surface area contributed by atoms with Crippen LogP contribution in [0.25, 0.3) is 6.08 Å². The predicted octanol–water partition coefficient (Wildman–Crippen LogP) is 4.89. The van der Waals surface area contributed by atoms with Gasteiger partial charge in [-0.2, -0.15) is 0 Å². The zero-order valence-electron chi connectivity index (χ0n) is 17.2. The first kappa shape index (κ1) is 21.3. The van der Waals surface area contributed by atoms with E-state index < -0.39 is 17.8 Å². The fraction of sp³-hybridized carbons (Fsp3) is 0.0800. The Bertz CT molecular complexity index is 1230. The van der Waals surface area contributed by atoms with Crippen LogP contribution in [-0.4, -0.2) is 17.8 Å². The quantitative estimate of drug-likeness (QED) is 0.447. The first-order valence-electron chi connectivity index (χ1n) is 9.86. The number of urea groups is 1. The molecule has 7 heteroatoms. The molecule has 3 aromatic carbocycles. The van der Waals surface area contributed by atoms with Crippen molar-refractivity contribution in [1.82, 2.24) is 5.32 Å². The fourth-order valence-electron chi connectivity index (χ4n) is 3.28. The molecule has 0 radical (unpaired) electrons. The second kappa shape index (κ2) is 9.08. The summed E-state index contributed by atoms with van der Waals surface area (Å²) in [7, 11) is 0. The molecule has 1 N–H and O–H groups in total. The highest BCUT2D eigenvalue weighted by atomic mass is 35.5. The number of anilines is 1. The van der Waals surface area contributed by atoms with Crippen LogP contribution < -0.4 is 15.0 Å². The van der Waals surface area contributed by atoms with Crippen LogP contribution in [0.2, 0.25) is 5.02 Å². The van der Waals surface area contributed by atoms with Crippen molar-refractivity contribution in [1.29, 1.82) is 0 Å². The number of benzene rings is 3. The zero-order valence-corrected chi connectivity index (χ0v) is 17.9. The minimum atomic E-state index is -0.771. The van der Waals surface area contributed by atoms with Crippen LogP contribution in [0.1, 0.15) is 16.7 Å². The van der Waals surface area contributed by atoms with E-state index in [0.717, 1.165) is 16.0 Å². The molecule has 160 valence electrons. The van der Waals surface area contributed by atoms with E-state index in [2.05, 4.69) is 5.32 Å². The Balaban J connectivity index is 1.52. The van der Waals surface area contributed by atoms with E-state index in [1.807, 2.05) is 31.2 Å². The van der Waals surface area contributed by atoms with Gasteiger partial charge in [0.2, 0.25) is 0 Å². The summed E-state index contributed by atoms with van der Waals surface area (Å²) in [6.07, 6.45) is 1.45. The number of carbonyl (C=O) groups excluding carboxylic acids is 3. The first-order valence-corrected chi connectivity index (χ1v) is 10.2. The lowest BCUT2D eigenvalue weighted by Crippen LogP contribution is -2.54. The lowest BCUT2D eigenvalue weighted by Gasteiger charge is -2.26. The molecule has 0 saturated carbocycles. The third kappa shape index (κ3) is 4.71. The number of nitrogens with zero attached hydrogens (tertiary/aromatic N) is 1. The van der Waals surface area contributed by atoms with Crippen LogP contribution in [-0.2, 0) is 16.2 Å². The lowest BCUT2D eigenvalue weighted by molar-refractivity contribution is -0.122. The van der Waals surface area contributed by atoms with Crippen LogP contribution >= 0.6 is 11.6 Å². The summed E-state index contributed by atoms with van der Waals surface area (Å²) in [6, 6.07) is 20.5. The third-order valence-corrected chi connectivity index (χ3v) is 5.08. The number of imide groups is 2. The maximum absolute atomic E-state index is 13.0. The number of nitrogens with one attached hydrogen (secondary N) is 1. The number of amides is 4. The maximum Gasteiger partial charge on any atom is 0.335 e. The van der Waals surface area contributed by atoms with Crippen LogP contribution in [0.4, 0.5) is 10.5 Å². The molecule has 1 fully saturated rings. The Kier molecular flexibility index (Phi) is 6.05. The number of barbiturate groups is 1. The Morgan fingerprint density at radius 2 is 1.72 bits per heavy atom. The Hall–Kier alpha value is -3.90. The van der Waals surface area contributed by atoms with E-state index in [1.54, 1.807) is 48.5 Å². The van der Waals surface area contributed by atoms with Crippen LogP contribution in [0.5, 0.6) is 5.75 Å². The highest BCUT2D eigenvalue weighted by Gasteiger charge is 2.36. The second-order valence-corrected chi connectivity index (χ2v) is 7.72. The molecule has 32 heavy (non-hydrogen) atoms. The number of rotatable bonds is 5. The molecule has 1 aliphatic heterocycles. The van der Waals surface area contributed by atoms with E-state index in [9.17, 15) is 14.4 Å². The van der Waals surface area contributed by atoms with Gasteiger partial charge in [0, 0.05) is 5.02 Å². The van der Waals surface area contributed by atoms with Crippen molar-refractivity contribution in [2.24, 2.45) is 0 Å². The van der Waals surface area contributed by atoms with Gasteiger partial charge in [-0.1, -0.05) is 48.0 Å². The summed E-state index contributed by atoms with van der Waals surface area (Å²) < 4.78 is 5.76. The summed E-state index contributed by atoms with van der Waals surface area (Å²) in [5.74, 6) is -0.779. The van der Waals surface area contributed by atoms with Crippen molar-refractivity contribution >= 4 is 41.2 Å². The molecule has 3 aromatic rings. The van der Waals surface area contributed by atoms with Gasteiger partial charge in [-0.05, 0) is 66.1 Å². The molecule has 0 bridgehead atoms. The van der Waals surface area contributed by atoms with E-state index in [0.29, 0.717) is 28.6 Å². The molecular weight excluding hydrogens is 428 g/mol. The van der Waals surface area contributed by atoms with E-state index in [-0.39, 0.29) is 5.57 Å². The minimum absolute atomic E-state index is 0.126. The highest BCUT2D eigenvalue weighted by Crippen LogP contribution is 2.23. The topological polar surface area (TPSA) is 75.7 Å². The fourth-order valence-corrected chi connectivity index (χ4v) is 3.49. The molecule has 4 amide bonds. The van der Waals surface area contributed by atoms with Crippen molar-refractivity contribution in [3.8, 4) is 5.75 Å². The summed E-state index contributed by atoms with van der Waals surface area (Å²) in [5.41, 5.74) is 2.72. The molecular formula is C25H19ClN2O4. The lowest BCUT2D eigenvalue weighted by atomic mass is 10.1. The van der Waals surface area contributed by atoms with Crippen molar-refractivity contribution in [3.63, 3.8) is 0 Å². The van der Waals surface area contributed by atoms with Gasteiger partial charge in [0.25, 0.3) is 11.8 Å². The monoisotopic (exact) mass is 446 g/mol. The molecule has 6 nitrogen and oxygen atoms in total. The smallest absolute Gasteiger partial charge is 0.335 e.